The van der Waals surface area contributed by atoms with Gasteiger partial charge in [-0.25, -0.2) is 8.42 Å². The summed E-state index contributed by atoms with van der Waals surface area (Å²) in [6.07, 6.45) is 0. The first-order chi connectivity index (χ1) is 21.9. The van der Waals surface area contributed by atoms with Gasteiger partial charge in [0.1, 0.15) is 20.7 Å². The molecular formula is C32H21N5Na2O7S2. The van der Waals surface area contributed by atoms with Gasteiger partial charge in [-0.1, -0.05) is 78.5 Å². The zero-order valence-corrected chi connectivity index (χ0v) is 31.1. The van der Waals surface area contributed by atoms with Gasteiger partial charge in [0, 0.05) is 16.2 Å². The molecule has 0 radical (unpaired) electrons. The van der Waals surface area contributed by atoms with Crippen molar-refractivity contribution in [1.82, 2.24) is 0 Å². The van der Waals surface area contributed by atoms with E-state index in [1.165, 1.54) is 30.3 Å². The second kappa shape index (κ2) is 14.9. The van der Waals surface area contributed by atoms with E-state index in [2.05, 4.69) is 20.5 Å². The number of hydrogen-bond donors (Lipinski definition) is 2. The summed E-state index contributed by atoms with van der Waals surface area (Å²) in [6.45, 7) is 0. The fraction of sp³-hybridized carbons (Fsp3) is 0. The van der Waals surface area contributed by atoms with E-state index >= 15 is 0 Å². The van der Waals surface area contributed by atoms with Crippen molar-refractivity contribution in [2.24, 2.45) is 20.5 Å². The predicted octanol–water partition coefficient (Wildman–Crippen LogP) is 1.31. The van der Waals surface area contributed by atoms with Crippen molar-refractivity contribution in [3.63, 3.8) is 0 Å². The van der Waals surface area contributed by atoms with E-state index in [-0.39, 0.29) is 91.8 Å². The monoisotopic (exact) mass is 697 g/mol. The van der Waals surface area contributed by atoms with Crippen LogP contribution in [0.2, 0.25) is 0 Å². The zero-order valence-electron chi connectivity index (χ0n) is 25.5. The Balaban J connectivity index is 0.00000260. The Bertz CT molecular complexity index is 2440. The van der Waals surface area contributed by atoms with Crippen molar-refractivity contribution < 1.29 is 90.2 Å². The normalized spacial score (nSPS) is 12.0. The molecule has 16 heteroatoms. The molecule has 230 valence electrons. The molecule has 0 fully saturated rings. The molecule has 6 aromatic carbocycles. The van der Waals surface area contributed by atoms with Crippen LogP contribution >= 0.6 is 0 Å². The molecule has 0 spiro atoms. The number of nitrogens with two attached hydrogens (primary N) is 1. The van der Waals surface area contributed by atoms with E-state index in [0.717, 1.165) is 17.2 Å². The van der Waals surface area contributed by atoms with Gasteiger partial charge in [0.2, 0.25) is 0 Å². The molecule has 0 saturated carbocycles. The molecule has 12 nitrogen and oxygen atoms in total. The summed E-state index contributed by atoms with van der Waals surface area (Å²) in [4.78, 5) is -0.867. The molecule has 48 heavy (non-hydrogen) atoms. The Morgan fingerprint density at radius 2 is 1.19 bits per heavy atom. The van der Waals surface area contributed by atoms with Crippen LogP contribution < -0.4 is 70.0 Å². The van der Waals surface area contributed by atoms with Crippen molar-refractivity contribution in [2.75, 3.05) is 5.73 Å². The SMILES string of the molecule is Nc1c(N=Nc2ccc(-c3ccc(N=Nc4c([O-])ccc5cccc(S(=O)(=O)[O-])c45)cc3)cc2)cc(S(=O)(=O)O)c2ccccc12.[Na+].[Na+]. The molecule has 0 saturated heterocycles. The molecule has 0 aliphatic heterocycles. The van der Waals surface area contributed by atoms with Gasteiger partial charge in [-0.2, -0.15) is 23.8 Å². The molecular weight excluding hydrogens is 676 g/mol. The quantitative estimate of drug-likeness (QED) is 0.107. The van der Waals surface area contributed by atoms with Gasteiger partial charge >= 0.3 is 59.1 Å². The van der Waals surface area contributed by atoms with Crippen molar-refractivity contribution in [3.8, 4) is 16.9 Å². The number of fused-ring (bicyclic) bond motifs is 2. The standard InChI is InChI=1S/C32H23N5O7S2.2Na/c33-31-25-6-2-1-5-24(25)29(46(42,43)44)18-26(31)36-34-22-13-8-19(9-14-22)20-10-15-23(16-11-20)35-37-32-27(38)17-12-21-4-3-7-28(30(21)32)45(39,40)41;;/h1-18,38H,33H2,(H,39,40,41)(H,42,43,44);;/q;2*+1/p-2. The molecule has 0 heterocycles. The Morgan fingerprint density at radius 3 is 1.75 bits per heavy atom. The summed E-state index contributed by atoms with van der Waals surface area (Å²) in [5.74, 6) is -0.580. The van der Waals surface area contributed by atoms with Crippen LogP contribution in [0, 0.1) is 0 Å². The maximum atomic E-state index is 12.5. The zero-order chi connectivity index (χ0) is 32.6. The Labute approximate surface area is 319 Å². The van der Waals surface area contributed by atoms with Gasteiger partial charge in [-0.15, -0.1) is 5.11 Å². The average molecular weight is 698 g/mol. The fourth-order valence-corrected chi connectivity index (χ4v) is 6.35. The third-order valence-electron chi connectivity index (χ3n) is 7.12. The second-order valence-corrected chi connectivity index (χ2v) is 12.8. The molecule has 0 aromatic heterocycles. The molecule has 0 aliphatic rings. The van der Waals surface area contributed by atoms with Gasteiger partial charge in [0.15, 0.2) is 0 Å². The van der Waals surface area contributed by atoms with Gasteiger partial charge < -0.3 is 15.4 Å². The van der Waals surface area contributed by atoms with E-state index in [4.69, 9.17) is 5.73 Å². The van der Waals surface area contributed by atoms with E-state index in [9.17, 15) is 31.0 Å². The van der Waals surface area contributed by atoms with Crippen molar-refractivity contribution in [2.45, 2.75) is 9.79 Å². The van der Waals surface area contributed by atoms with Crippen LogP contribution in [0.25, 0.3) is 32.7 Å². The second-order valence-electron chi connectivity index (χ2n) is 10.0. The minimum atomic E-state index is -4.87. The molecule has 0 bridgehead atoms. The summed E-state index contributed by atoms with van der Waals surface area (Å²) in [7, 11) is -9.41. The van der Waals surface area contributed by atoms with E-state index in [0.29, 0.717) is 22.1 Å². The summed E-state index contributed by atoms with van der Waals surface area (Å²) in [6, 6.07) is 28.3. The number of nitrogens with zero attached hydrogens (tertiary/aromatic N) is 4. The number of azo groups is 2. The number of hydrogen-bond acceptors (Lipinski definition) is 11. The van der Waals surface area contributed by atoms with Gasteiger partial charge in [-0.3, -0.25) is 4.55 Å². The van der Waals surface area contributed by atoms with Crippen LogP contribution in [-0.4, -0.2) is 25.9 Å². The summed E-state index contributed by atoms with van der Waals surface area (Å²) in [5.41, 5.74) is 8.74. The Hall–Kier alpha value is -3.54. The topological polar surface area (TPSA) is 210 Å². The van der Waals surface area contributed by atoms with Gasteiger partial charge in [-0.05, 0) is 52.9 Å². The first-order valence-corrected chi connectivity index (χ1v) is 16.3. The van der Waals surface area contributed by atoms with Crippen molar-refractivity contribution in [3.05, 3.63) is 109 Å². The van der Waals surface area contributed by atoms with Crippen LogP contribution in [-0.2, 0) is 20.2 Å². The van der Waals surface area contributed by atoms with E-state index < -0.39 is 30.9 Å². The molecule has 6 rings (SSSR count). The molecule has 0 aliphatic carbocycles. The number of anilines is 1. The summed E-state index contributed by atoms with van der Waals surface area (Å²) in [5, 5.41) is 29.9. The Kier molecular flexibility index (Phi) is 11.6. The van der Waals surface area contributed by atoms with Crippen molar-refractivity contribution in [1.29, 1.82) is 0 Å². The largest absolute Gasteiger partial charge is 1.00 e. The molecule has 0 amide bonds. The first-order valence-electron chi connectivity index (χ1n) is 13.4. The van der Waals surface area contributed by atoms with E-state index in [1.807, 2.05) is 0 Å². The number of rotatable bonds is 7. The molecule has 0 atom stereocenters. The maximum Gasteiger partial charge on any atom is 1.00 e. The van der Waals surface area contributed by atoms with Crippen molar-refractivity contribution >= 4 is 70.2 Å². The van der Waals surface area contributed by atoms with Gasteiger partial charge in [0.05, 0.1) is 27.6 Å². The average Bonchev–Trinajstić information content (AvgIpc) is 3.03. The van der Waals surface area contributed by atoms with Crippen LogP contribution in [0.5, 0.6) is 5.75 Å². The number of benzene rings is 6. The fourth-order valence-electron chi connectivity index (χ4n) is 4.92. The van der Waals surface area contributed by atoms with Crippen LogP contribution in [0.1, 0.15) is 0 Å². The van der Waals surface area contributed by atoms with E-state index in [1.54, 1.807) is 72.8 Å². The van der Waals surface area contributed by atoms with Crippen LogP contribution in [0.15, 0.2) is 139 Å². The third-order valence-corrected chi connectivity index (χ3v) is 8.90. The molecule has 0 unspecified atom stereocenters. The third kappa shape index (κ3) is 7.84. The first kappa shape index (κ1) is 37.3. The smallest absolute Gasteiger partial charge is 0.871 e. The van der Waals surface area contributed by atoms with Crippen LogP contribution in [0.4, 0.5) is 28.4 Å². The summed E-state index contributed by atoms with van der Waals surface area (Å²) < 4.78 is 69.1. The summed E-state index contributed by atoms with van der Waals surface area (Å²) >= 11 is 0. The molecule has 6 aromatic rings. The minimum Gasteiger partial charge on any atom is -0.871 e. The molecule has 3 N–H and O–H groups in total. The predicted molar refractivity (Wildman–Crippen MR) is 170 cm³/mol. The minimum absolute atomic E-state index is 0. The van der Waals surface area contributed by atoms with Crippen LogP contribution in [0.3, 0.4) is 0 Å². The Morgan fingerprint density at radius 1 is 0.625 bits per heavy atom. The number of nitrogen functional groups attached to an aromatic ring is 1. The van der Waals surface area contributed by atoms with Gasteiger partial charge in [0.25, 0.3) is 10.1 Å². The maximum absolute atomic E-state index is 12.5.